The molecule has 5 nitrogen and oxygen atoms in total. The average Bonchev–Trinajstić information content (AvgIpc) is 3.35. The van der Waals surface area contributed by atoms with Crippen molar-refractivity contribution in [2.75, 3.05) is 26.8 Å². The Labute approximate surface area is 180 Å². The lowest BCUT2D eigenvalue weighted by Crippen LogP contribution is -2.37. The van der Waals surface area contributed by atoms with E-state index in [1.165, 1.54) is 44.1 Å². The number of benzene rings is 1. The molecule has 6 heteroatoms. The van der Waals surface area contributed by atoms with Crippen molar-refractivity contribution in [3.8, 4) is 5.75 Å². The zero-order chi connectivity index (χ0) is 18.0. The summed E-state index contributed by atoms with van der Waals surface area (Å²) in [6.07, 6.45) is 8.99. The number of halogens is 1. The van der Waals surface area contributed by atoms with Gasteiger partial charge in [-0.15, -0.1) is 24.0 Å². The fourth-order valence-corrected chi connectivity index (χ4v) is 3.27. The van der Waals surface area contributed by atoms with Crippen LogP contribution >= 0.6 is 24.0 Å². The number of guanidine groups is 1. The Morgan fingerprint density at radius 2 is 1.89 bits per heavy atom. The summed E-state index contributed by atoms with van der Waals surface area (Å²) in [4.78, 5) is 4.30. The van der Waals surface area contributed by atoms with Gasteiger partial charge in [0.15, 0.2) is 5.96 Å². The monoisotopic (exact) mass is 487 g/mol. The van der Waals surface area contributed by atoms with Crippen molar-refractivity contribution < 1.29 is 9.47 Å². The highest BCUT2D eigenvalue weighted by Gasteiger charge is 2.20. The van der Waals surface area contributed by atoms with Crippen molar-refractivity contribution >= 4 is 29.9 Å². The number of para-hydroxylation sites is 1. The third-order valence-corrected chi connectivity index (χ3v) is 5.05. The molecule has 0 atom stereocenters. The van der Waals surface area contributed by atoms with E-state index in [0.29, 0.717) is 12.6 Å². The third kappa shape index (κ3) is 8.25. The predicted molar refractivity (Wildman–Crippen MR) is 121 cm³/mol. The smallest absolute Gasteiger partial charge is 0.191 e. The largest absolute Gasteiger partial charge is 0.490 e. The summed E-state index contributed by atoms with van der Waals surface area (Å²) in [6.45, 7) is 3.33. The van der Waals surface area contributed by atoms with Crippen LogP contribution in [0.1, 0.15) is 50.5 Å². The van der Waals surface area contributed by atoms with Crippen LogP contribution in [0.2, 0.25) is 0 Å². The van der Waals surface area contributed by atoms with Gasteiger partial charge in [-0.1, -0.05) is 18.2 Å². The normalized spacial score (nSPS) is 17.4. The third-order valence-electron chi connectivity index (χ3n) is 5.05. The number of aliphatic imine (C=N–C) groups is 1. The molecule has 2 saturated carbocycles. The van der Waals surface area contributed by atoms with Crippen LogP contribution in [0.25, 0.3) is 0 Å². The first-order valence-corrected chi connectivity index (χ1v) is 10.1. The van der Waals surface area contributed by atoms with Crippen molar-refractivity contribution in [2.24, 2.45) is 10.9 Å². The molecule has 0 radical (unpaired) electrons. The molecule has 3 rings (SSSR count). The van der Waals surface area contributed by atoms with E-state index >= 15 is 0 Å². The second kappa shape index (κ2) is 12.4. The highest BCUT2D eigenvalue weighted by atomic mass is 127. The van der Waals surface area contributed by atoms with E-state index in [4.69, 9.17) is 9.47 Å². The first-order valence-electron chi connectivity index (χ1n) is 10.1. The van der Waals surface area contributed by atoms with Crippen molar-refractivity contribution in [2.45, 2.75) is 57.6 Å². The van der Waals surface area contributed by atoms with Crippen LogP contribution in [-0.4, -0.2) is 38.9 Å². The molecule has 2 aliphatic rings. The van der Waals surface area contributed by atoms with Crippen LogP contribution in [0, 0.1) is 5.92 Å². The number of hydrogen-bond donors (Lipinski definition) is 2. The number of ether oxygens (including phenoxy) is 2. The van der Waals surface area contributed by atoms with Gasteiger partial charge in [0, 0.05) is 38.9 Å². The molecule has 27 heavy (non-hydrogen) atoms. The van der Waals surface area contributed by atoms with Crippen LogP contribution in [0.5, 0.6) is 5.75 Å². The number of rotatable bonds is 10. The van der Waals surface area contributed by atoms with Gasteiger partial charge in [0.05, 0.1) is 6.10 Å². The van der Waals surface area contributed by atoms with E-state index in [1.807, 2.05) is 6.07 Å². The van der Waals surface area contributed by atoms with Gasteiger partial charge in [0.1, 0.15) is 5.75 Å². The van der Waals surface area contributed by atoms with E-state index in [2.05, 4.69) is 33.8 Å². The van der Waals surface area contributed by atoms with E-state index in [-0.39, 0.29) is 24.0 Å². The molecule has 2 fully saturated rings. The lowest BCUT2D eigenvalue weighted by molar-refractivity contribution is 0.123. The van der Waals surface area contributed by atoms with E-state index in [0.717, 1.165) is 43.8 Å². The molecule has 0 bridgehead atoms. The molecule has 0 saturated heterocycles. The first-order chi connectivity index (χ1) is 12.8. The average molecular weight is 487 g/mol. The van der Waals surface area contributed by atoms with Crippen molar-refractivity contribution in [3.05, 3.63) is 29.8 Å². The molecule has 0 aromatic heterocycles. The minimum Gasteiger partial charge on any atom is -0.490 e. The molecule has 2 N–H and O–H groups in total. The fraction of sp³-hybridized carbons (Fsp3) is 0.667. The Balaban J connectivity index is 0.00000261. The van der Waals surface area contributed by atoms with Gasteiger partial charge >= 0.3 is 0 Å². The van der Waals surface area contributed by atoms with Crippen LogP contribution in [-0.2, 0) is 11.3 Å². The Hall–Kier alpha value is -1.02. The van der Waals surface area contributed by atoms with Gasteiger partial charge in [0.2, 0.25) is 0 Å². The SMILES string of the molecule is CN=C(NCCCOCC1CC1)NCc1ccccc1OC1CCCC1.I. The first kappa shape index (κ1) is 22.3. The predicted octanol–water partition coefficient (Wildman–Crippen LogP) is 4.11. The van der Waals surface area contributed by atoms with Crippen molar-refractivity contribution in [1.82, 2.24) is 10.6 Å². The maximum atomic E-state index is 6.21. The van der Waals surface area contributed by atoms with Gasteiger partial charge in [-0.25, -0.2) is 0 Å². The summed E-state index contributed by atoms with van der Waals surface area (Å²) in [5.74, 6) is 2.66. The summed E-state index contributed by atoms with van der Waals surface area (Å²) in [7, 11) is 1.81. The minimum atomic E-state index is 0. The van der Waals surface area contributed by atoms with Gasteiger partial charge in [-0.05, 0) is 56.9 Å². The van der Waals surface area contributed by atoms with E-state index < -0.39 is 0 Å². The Bertz CT molecular complexity index is 572. The van der Waals surface area contributed by atoms with Crippen LogP contribution in [0.15, 0.2) is 29.3 Å². The minimum absolute atomic E-state index is 0. The molecule has 1 aromatic carbocycles. The van der Waals surface area contributed by atoms with Crippen molar-refractivity contribution in [3.63, 3.8) is 0 Å². The summed E-state index contributed by atoms with van der Waals surface area (Å²) in [5, 5.41) is 6.74. The summed E-state index contributed by atoms with van der Waals surface area (Å²) in [6, 6.07) is 8.30. The second-order valence-electron chi connectivity index (χ2n) is 7.36. The zero-order valence-corrected chi connectivity index (χ0v) is 18.7. The van der Waals surface area contributed by atoms with Gasteiger partial charge in [-0.2, -0.15) is 0 Å². The quantitative estimate of drug-likeness (QED) is 0.226. The van der Waals surface area contributed by atoms with Gasteiger partial charge in [0.25, 0.3) is 0 Å². The van der Waals surface area contributed by atoms with Crippen LogP contribution in [0.3, 0.4) is 0 Å². The number of nitrogens with one attached hydrogen (secondary N) is 2. The maximum absolute atomic E-state index is 6.21. The van der Waals surface area contributed by atoms with E-state index in [9.17, 15) is 0 Å². The Morgan fingerprint density at radius 3 is 2.63 bits per heavy atom. The number of hydrogen-bond acceptors (Lipinski definition) is 3. The Kier molecular flexibility index (Phi) is 10.3. The zero-order valence-electron chi connectivity index (χ0n) is 16.4. The molecular weight excluding hydrogens is 453 g/mol. The maximum Gasteiger partial charge on any atom is 0.191 e. The van der Waals surface area contributed by atoms with Crippen molar-refractivity contribution in [1.29, 1.82) is 0 Å². The standard InChI is InChI=1S/C21H33N3O2.HI/c1-22-21(23-13-6-14-25-16-17-11-12-17)24-15-18-7-2-5-10-20(18)26-19-8-3-4-9-19;/h2,5,7,10,17,19H,3-4,6,8-9,11-16H2,1H3,(H2,22,23,24);1H. The van der Waals surface area contributed by atoms with Gasteiger partial charge < -0.3 is 20.1 Å². The summed E-state index contributed by atoms with van der Waals surface area (Å²) in [5.41, 5.74) is 1.18. The lowest BCUT2D eigenvalue weighted by atomic mass is 10.2. The highest BCUT2D eigenvalue weighted by molar-refractivity contribution is 14.0. The topological polar surface area (TPSA) is 54.9 Å². The van der Waals surface area contributed by atoms with Gasteiger partial charge in [-0.3, -0.25) is 4.99 Å². The van der Waals surface area contributed by atoms with Crippen LogP contribution in [0.4, 0.5) is 0 Å². The highest BCUT2D eigenvalue weighted by Crippen LogP contribution is 2.28. The lowest BCUT2D eigenvalue weighted by Gasteiger charge is -2.18. The molecule has 152 valence electrons. The molecule has 0 heterocycles. The molecular formula is C21H34IN3O2. The molecule has 0 amide bonds. The molecule has 0 spiro atoms. The number of nitrogens with zero attached hydrogens (tertiary/aromatic N) is 1. The molecule has 0 aliphatic heterocycles. The fourth-order valence-electron chi connectivity index (χ4n) is 3.27. The second-order valence-corrected chi connectivity index (χ2v) is 7.36. The molecule has 0 unspecified atom stereocenters. The summed E-state index contributed by atoms with van der Waals surface area (Å²) >= 11 is 0. The molecule has 1 aromatic rings. The molecule has 2 aliphatic carbocycles. The van der Waals surface area contributed by atoms with Crippen LogP contribution < -0.4 is 15.4 Å². The Morgan fingerprint density at radius 1 is 1.11 bits per heavy atom. The van der Waals surface area contributed by atoms with E-state index in [1.54, 1.807) is 7.05 Å². The summed E-state index contributed by atoms with van der Waals surface area (Å²) < 4.78 is 11.9.